The van der Waals surface area contributed by atoms with Crippen LogP contribution in [0.1, 0.15) is 9.88 Å². The third-order valence-corrected chi connectivity index (χ3v) is 5.35. The molecule has 0 bridgehead atoms. The van der Waals surface area contributed by atoms with Gasteiger partial charge in [0.2, 0.25) is 5.88 Å². The Morgan fingerprint density at radius 2 is 1.70 bits per heavy atom. The van der Waals surface area contributed by atoms with Crippen LogP contribution >= 0.6 is 22.7 Å². The summed E-state index contributed by atoms with van der Waals surface area (Å²) < 4.78 is 1.16. The first-order chi connectivity index (χ1) is 11.3. The second kappa shape index (κ2) is 5.98. The molecule has 0 saturated heterocycles. The van der Waals surface area contributed by atoms with Crippen LogP contribution < -0.4 is 5.32 Å². The van der Waals surface area contributed by atoms with E-state index in [9.17, 15) is 5.11 Å². The monoisotopic (exact) mass is 339 g/mol. The molecule has 0 amide bonds. The molecule has 2 N–H and O–H groups in total. The number of nitrogens with zero attached hydrogens (tertiary/aromatic N) is 2. The maximum absolute atomic E-state index is 10.1. The predicted molar refractivity (Wildman–Crippen MR) is 95.9 cm³/mol. The summed E-state index contributed by atoms with van der Waals surface area (Å²) in [4.78, 5) is 9.63. The van der Waals surface area contributed by atoms with E-state index in [2.05, 4.69) is 21.4 Å². The van der Waals surface area contributed by atoms with Crippen LogP contribution in [0.2, 0.25) is 0 Å². The Bertz CT molecular complexity index is 914. The number of hydrogen-bond donors (Lipinski definition) is 2. The zero-order valence-corrected chi connectivity index (χ0v) is 13.7. The smallest absolute Gasteiger partial charge is 0.227 e. The SMILES string of the molecule is Oc1nc(Nc2ccccc2)sc1Cc1nc2ccccc2s1. The third kappa shape index (κ3) is 3.04. The van der Waals surface area contributed by atoms with E-state index < -0.39 is 0 Å². The molecule has 0 spiro atoms. The van der Waals surface area contributed by atoms with Crippen molar-refractivity contribution in [3.63, 3.8) is 0 Å². The third-order valence-electron chi connectivity index (χ3n) is 3.35. The van der Waals surface area contributed by atoms with Gasteiger partial charge in [-0.15, -0.1) is 11.3 Å². The molecule has 4 aromatic rings. The van der Waals surface area contributed by atoms with Crippen molar-refractivity contribution in [2.75, 3.05) is 5.32 Å². The second-order valence-electron chi connectivity index (χ2n) is 5.01. The molecule has 4 nitrogen and oxygen atoms in total. The highest BCUT2D eigenvalue weighted by Gasteiger charge is 2.13. The number of fused-ring (bicyclic) bond motifs is 1. The summed E-state index contributed by atoms with van der Waals surface area (Å²) >= 11 is 3.10. The Morgan fingerprint density at radius 3 is 2.52 bits per heavy atom. The lowest BCUT2D eigenvalue weighted by atomic mass is 10.3. The highest BCUT2D eigenvalue weighted by atomic mass is 32.1. The molecule has 2 aromatic carbocycles. The van der Waals surface area contributed by atoms with Gasteiger partial charge in [-0.1, -0.05) is 41.7 Å². The summed E-state index contributed by atoms with van der Waals surface area (Å²) in [6.07, 6.45) is 0.597. The minimum Gasteiger partial charge on any atom is -0.492 e. The Morgan fingerprint density at radius 1 is 0.913 bits per heavy atom. The molecule has 23 heavy (non-hydrogen) atoms. The summed E-state index contributed by atoms with van der Waals surface area (Å²) in [6, 6.07) is 17.9. The van der Waals surface area contributed by atoms with Crippen LogP contribution in [0.3, 0.4) is 0 Å². The summed E-state index contributed by atoms with van der Waals surface area (Å²) in [5, 5.41) is 15.0. The number of rotatable bonds is 4. The minimum absolute atomic E-state index is 0.0766. The zero-order chi connectivity index (χ0) is 15.6. The lowest BCUT2D eigenvalue weighted by Gasteiger charge is -1.99. The molecular formula is C17H13N3OS2. The number of aromatic hydroxyl groups is 1. The summed E-state index contributed by atoms with van der Waals surface area (Å²) in [7, 11) is 0. The number of para-hydroxylation sites is 2. The van der Waals surface area contributed by atoms with Crippen LogP contribution in [0.5, 0.6) is 5.88 Å². The van der Waals surface area contributed by atoms with Crippen LogP contribution in [-0.4, -0.2) is 15.1 Å². The second-order valence-corrected chi connectivity index (χ2v) is 7.21. The molecular weight excluding hydrogens is 326 g/mol. The van der Waals surface area contributed by atoms with Crippen molar-refractivity contribution in [2.45, 2.75) is 6.42 Å². The molecule has 0 unspecified atom stereocenters. The number of thiazole rings is 2. The maximum Gasteiger partial charge on any atom is 0.227 e. The fourth-order valence-electron chi connectivity index (χ4n) is 2.29. The van der Waals surface area contributed by atoms with Crippen molar-refractivity contribution in [3.05, 3.63) is 64.5 Å². The first kappa shape index (κ1) is 14.2. The van der Waals surface area contributed by atoms with E-state index in [0.717, 1.165) is 25.8 Å². The molecule has 2 aromatic heterocycles. The van der Waals surface area contributed by atoms with E-state index in [0.29, 0.717) is 11.6 Å². The van der Waals surface area contributed by atoms with Gasteiger partial charge in [0.1, 0.15) is 0 Å². The average Bonchev–Trinajstić information content (AvgIpc) is 3.11. The lowest BCUT2D eigenvalue weighted by Crippen LogP contribution is -1.87. The normalized spacial score (nSPS) is 11.0. The van der Waals surface area contributed by atoms with Crippen LogP contribution in [0.25, 0.3) is 10.2 Å². The summed E-state index contributed by atoms with van der Waals surface area (Å²) in [5.74, 6) is 0.0766. The van der Waals surface area contributed by atoms with Crippen LogP contribution in [0.15, 0.2) is 54.6 Å². The van der Waals surface area contributed by atoms with Gasteiger partial charge in [-0.25, -0.2) is 4.98 Å². The minimum atomic E-state index is 0.0766. The number of anilines is 2. The predicted octanol–water partition coefficient (Wildman–Crippen LogP) is 4.79. The van der Waals surface area contributed by atoms with Crippen LogP contribution in [0, 0.1) is 0 Å². The van der Waals surface area contributed by atoms with E-state index in [1.807, 2.05) is 48.5 Å². The first-order valence-electron chi connectivity index (χ1n) is 7.13. The molecule has 0 radical (unpaired) electrons. The molecule has 4 rings (SSSR count). The van der Waals surface area contributed by atoms with E-state index in [4.69, 9.17) is 0 Å². The molecule has 6 heteroatoms. The molecule has 0 aliphatic rings. The van der Waals surface area contributed by atoms with Crippen molar-refractivity contribution in [2.24, 2.45) is 0 Å². The highest BCUT2D eigenvalue weighted by molar-refractivity contribution is 7.19. The van der Waals surface area contributed by atoms with E-state index in [1.54, 1.807) is 11.3 Å². The Kier molecular flexibility index (Phi) is 3.69. The summed E-state index contributed by atoms with van der Waals surface area (Å²) in [5.41, 5.74) is 1.95. The Balaban J connectivity index is 1.57. The molecule has 2 heterocycles. The molecule has 114 valence electrons. The molecule has 0 saturated carbocycles. The van der Waals surface area contributed by atoms with Gasteiger partial charge in [0.25, 0.3) is 0 Å². The quantitative estimate of drug-likeness (QED) is 0.561. The first-order valence-corrected chi connectivity index (χ1v) is 8.76. The highest BCUT2D eigenvalue weighted by Crippen LogP contribution is 2.33. The van der Waals surface area contributed by atoms with Gasteiger partial charge in [-0.2, -0.15) is 4.98 Å². The van der Waals surface area contributed by atoms with Crippen molar-refractivity contribution in [3.8, 4) is 5.88 Å². The molecule has 0 aliphatic heterocycles. The fourth-order valence-corrected chi connectivity index (χ4v) is 4.24. The van der Waals surface area contributed by atoms with Crippen LogP contribution in [-0.2, 0) is 6.42 Å². The van der Waals surface area contributed by atoms with E-state index in [-0.39, 0.29) is 5.88 Å². The zero-order valence-electron chi connectivity index (χ0n) is 12.1. The van der Waals surface area contributed by atoms with Crippen molar-refractivity contribution < 1.29 is 5.11 Å². The number of hydrogen-bond acceptors (Lipinski definition) is 6. The van der Waals surface area contributed by atoms with Gasteiger partial charge in [0.05, 0.1) is 20.1 Å². The van der Waals surface area contributed by atoms with Crippen molar-refractivity contribution >= 4 is 43.7 Å². The largest absolute Gasteiger partial charge is 0.492 e. The fraction of sp³-hybridized carbons (Fsp3) is 0.0588. The van der Waals surface area contributed by atoms with Gasteiger partial charge in [-0.3, -0.25) is 0 Å². The number of benzene rings is 2. The number of nitrogens with one attached hydrogen (secondary N) is 1. The van der Waals surface area contributed by atoms with Gasteiger partial charge < -0.3 is 10.4 Å². The Labute approximate surface area is 141 Å². The lowest BCUT2D eigenvalue weighted by molar-refractivity contribution is 0.453. The number of aromatic nitrogens is 2. The van der Waals surface area contributed by atoms with E-state index >= 15 is 0 Å². The molecule has 0 aliphatic carbocycles. The Hall–Kier alpha value is -2.44. The van der Waals surface area contributed by atoms with Crippen LogP contribution in [0.4, 0.5) is 10.8 Å². The van der Waals surface area contributed by atoms with Gasteiger partial charge in [-0.05, 0) is 24.3 Å². The standard InChI is InChI=1S/C17H13N3OS2/c21-16-14(10-15-19-12-8-4-5-9-13(12)22-15)23-17(20-16)18-11-6-2-1-3-7-11/h1-9,21H,10H2,(H,18,20). The summed E-state index contributed by atoms with van der Waals surface area (Å²) in [6.45, 7) is 0. The maximum atomic E-state index is 10.1. The molecule has 0 fully saturated rings. The van der Waals surface area contributed by atoms with Crippen molar-refractivity contribution in [1.29, 1.82) is 0 Å². The topological polar surface area (TPSA) is 58.0 Å². The molecule has 0 atom stereocenters. The van der Waals surface area contributed by atoms with Gasteiger partial charge in [0.15, 0.2) is 5.13 Å². The van der Waals surface area contributed by atoms with Gasteiger partial charge >= 0.3 is 0 Å². The average molecular weight is 339 g/mol. The van der Waals surface area contributed by atoms with Crippen molar-refractivity contribution in [1.82, 2.24) is 9.97 Å². The van der Waals surface area contributed by atoms with Gasteiger partial charge in [0, 0.05) is 12.1 Å². The van der Waals surface area contributed by atoms with E-state index in [1.165, 1.54) is 11.3 Å².